The molecular weight excluding hydrogens is 430 g/mol. The molecule has 0 aromatic heterocycles. The van der Waals surface area contributed by atoms with Crippen LogP contribution in [0.2, 0.25) is 0 Å². The van der Waals surface area contributed by atoms with Gasteiger partial charge < -0.3 is 5.11 Å². The normalized spacial score (nSPS) is 33.2. The van der Waals surface area contributed by atoms with Gasteiger partial charge in [0, 0.05) is 17.4 Å². The van der Waals surface area contributed by atoms with Crippen molar-refractivity contribution < 1.29 is 18.7 Å². The number of hydrogen-bond acceptors (Lipinski definition) is 2. The Bertz CT molecular complexity index is 1180. The van der Waals surface area contributed by atoms with Gasteiger partial charge in [0.15, 0.2) is 5.78 Å². The summed E-state index contributed by atoms with van der Waals surface area (Å²) in [5.41, 5.74) is 4.51. The van der Waals surface area contributed by atoms with Crippen LogP contribution < -0.4 is 0 Å². The van der Waals surface area contributed by atoms with Gasteiger partial charge in [-0.05, 0) is 91.9 Å². The molecule has 0 saturated heterocycles. The number of benzene rings is 1. The van der Waals surface area contributed by atoms with Gasteiger partial charge in [-0.3, -0.25) is 4.79 Å². The predicted octanol–water partition coefficient (Wildman–Crippen LogP) is 6.75. The smallest absolute Gasteiger partial charge is 0.336 e. The molecule has 2 fully saturated rings. The molecule has 2 saturated carbocycles. The molecule has 2 nitrogen and oxygen atoms in total. The van der Waals surface area contributed by atoms with Crippen LogP contribution >= 0.6 is 0 Å². The van der Waals surface area contributed by atoms with Crippen LogP contribution in [-0.2, 0) is 4.79 Å². The van der Waals surface area contributed by atoms with E-state index in [4.69, 9.17) is 6.42 Å². The van der Waals surface area contributed by atoms with Gasteiger partial charge in [-0.25, -0.2) is 0 Å². The fourth-order valence-corrected chi connectivity index (χ4v) is 7.54. The van der Waals surface area contributed by atoms with Crippen molar-refractivity contribution >= 4 is 16.9 Å². The lowest BCUT2D eigenvalue weighted by Gasteiger charge is -2.52. The lowest BCUT2D eigenvalue weighted by molar-refractivity contribution is -0.207. The number of rotatable bonds is 3. The van der Waals surface area contributed by atoms with Crippen molar-refractivity contribution in [3.8, 4) is 12.3 Å². The minimum atomic E-state index is -3.54. The number of aliphatic hydroxyl groups is 1. The number of halogens is 2. The third-order valence-electron chi connectivity index (χ3n) is 9.43. The van der Waals surface area contributed by atoms with E-state index in [1.165, 1.54) is 11.1 Å². The van der Waals surface area contributed by atoms with E-state index in [1.54, 1.807) is 5.92 Å². The molecule has 4 atom stereocenters. The summed E-state index contributed by atoms with van der Waals surface area (Å²) >= 11 is 0. The quantitative estimate of drug-likeness (QED) is 0.505. The molecular formula is C30H32F2O2. The number of alkyl halides is 2. The largest absolute Gasteiger partial charge is 0.382 e. The van der Waals surface area contributed by atoms with E-state index in [0.717, 1.165) is 47.1 Å². The van der Waals surface area contributed by atoms with Gasteiger partial charge in [-0.2, -0.15) is 8.78 Å². The van der Waals surface area contributed by atoms with E-state index in [9.17, 15) is 18.7 Å². The maximum absolute atomic E-state index is 14.8. The minimum absolute atomic E-state index is 0.0227. The third kappa shape index (κ3) is 3.06. The van der Waals surface area contributed by atoms with E-state index in [0.29, 0.717) is 25.7 Å². The summed E-state index contributed by atoms with van der Waals surface area (Å²) < 4.78 is 29.5. The lowest BCUT2D eigenvalue weighted by Crippen LogP contribution is -2.59. The van der Waals surface area contributed by atoms with Crippen LogP contribution in [0, 0.1) is 29.6 Å². The minimum Gasteiger partial charge on any atom is -0.382 e. The summed E-state index contributed by atoms with van der Waals surface area (Å²) in [5, 5.41) is 11.2. The first-order valence-electron chi connectivity index (χ1n) is 12.4. The SMILES string of the molecule is C#CC(F)(F)[C@]1(O)CC[C@H]2[C@@H]3CCC4=C(c5ccc(C(=C)C)cc5)C(=O)CCC4=C3CC[C@@]21C. The first kappa shape index (κ1) is 23.2. The zero-order chi connectivity index (χ0) is 24.5. The number of hydrogen-bond donors (Lipinski definition) is 1. The average Bonchev–Trinajstić information content (AvgIpc) is 3.11. The van der Waals surface area contributed by atoms with Crippen molar-refractivity contribution in [3.63, 3.8) is 0 Å². The van der Waals surface area contributed by atoms with E-state index in [2.05, 4.69) is 6.58 Å². The van der Waals surface area contributed by atoms with Gasteiger partial charge in [-0.1, -0.05) is 48.9 Å². The number of Topliss-reactive ketones (excluding diaryl/α,β-unsaturated/α-hetero) is 1. The summed E-state index contributed by atoms with van der Waals surface area (Å²) in [5.74, 6) is -1.62. The number of fused-ring (bicyclic) bond motifs is 4. The van der Waals surface area contributed by atoms with Crippen LogP contribution in [0.25, 0.3) is 11.1 Å². The molecule has 4 aliphatic rings. The highest BCUT2D eigenvalue weighted by Gasteiger charge is 2.69. The van der Waals surface area contributed by atoms with Gasteiger partial charge >= 0.3 is 5.92 Å². The van der Waals surface area contributed by atoms with Gasteiger partial charge in [0.2, 0.25) is 0 Å². The van der Waals surface area contributed by atoms with Crippen LogP contribution in [0.4, 0.5) is 8.78 Å². The Kier molecular flexibility index (Phi) is 5.30. The van der Waals surface area contributed by atoms with E-state index in [1.807, 2.05) is 38.1 Å². The van der Waals surface area contributed by atoms with Crippen molar-refractivity contribution in [3.05, 3.63) is 58.7 Å². The Morgan fingerprint density at radius 2 is 1.82 bits per heavy atom. The first-order valence-corrected chi connectivity index (χ1v) is 12.4. The number of carbonyl (C=O) groups excluding carboxylic acids is 1. The van der Waals surface area contributed by atoms with Crippen molar-refractivity contribution in [2.75, 3.05) is 0 Å². The summed E-state index contributed by atoms with van der Waals surface area (Å²) in [6.45, 7) is 7.78. The molecule has 1 N–H and O–H groups in total. The Balaban J connectivity index is 1.56. The second-order valence-electron chi connectivity index (χ2n) is 10.9. The number of carbonyl (C=O) groups is 1. The van der Waals surface area contributed by atoms with Crippen molar-refractivity contribution in [2.24, 2.45) is 17.3 Å². The van der Waals surface area contributed by atoms with Gasteiger partial charge in [-0.15, -0.1) is 6.42 Å². The highest BCUT2D eigenvalue weighted by atomic mass is 19.3. The standard InChI is InChI=1S/C30H32F2O2/c1-5-30(31,32)29(34)17-15-25-23-10-11-24-21(22(23)14-16-28(25,29)4)12-13-26(33)27(24)20-8-6-19(7-9-20)18(2)3/h1,6-9,23,25,34H,2,10-17H2,3-4H3/t23-,25+,28+,29+/m1/s1. The zero-order valence-corrected chi connectivity index (χ0v) is 20.0. The van der Waals surface area contributed by atoms with Gasteiger partial charge in [0.25, 0.3) is 0 Å². The fraction of sp³-hybridized carbons (Fsp3) is 0.500. The predicted molar refractivity (Wildman–Crippen MR) is 131 cm³/mol. The second-order valence-corrected chi connectivity index (χ2v) is 10.9. The summed E-state index contributed by atoms with van der Waals surface area (Å²) in [4.78, 5) is 13.1. The maximum atomic E-state index is 14.8. The molecule has 1 aromatic carbocycles. The maximum Gasteiger partial charge on any atom is 0.336 e. The molecule has 0 unspecified atom stereocenters. The van der Waals surface area contributed by atoms with Crippen LogP contribution in [-0.4, -0.2) is 22.4 Å². The second kappa shape index (κ2) is 7.75. The third-order valence-corrected chi connectivity index (χ3v) is 9.43. The summed E-state index contributed by atoms with van der Waals surface area (Å²) in [6.07, 6.45) is 9.72. The van der Waals surface area contributed by atoms with E-state index >= 15 is 0 Å². The number of ketones is 1. The van der Waals surface area contributed by atoms with E-state index in [-0.39, 0.29) is 24.0 Å². The fourth-order valence-electron chi connectivity index (χ4n) is 7.54. The summed E-state index contributed by atoms with van der Waals surface area (Å²) in [6, 6.07) is 8.06. The van der Waals surface area contributed by atoms with Crippen LogP contribution in [0.5, 0.6) is 0 Å². The van der Waals surface area contributed by atoms with E-state index < -0.39 is 16.9 Å². The molecule has 0 heterocycles. The zero-order valence-electron chi connectivity index (χ0n) is 20.0. The van der Waals surface area contributed by atoms with Crippen molar-refractivity contribution in [1.82, 2.24) is 0 Å². The number of allylic oxidation sites excluding steroid dienone is 5. The molecule has 34 heavy (non-hydrogen) atoms. The Labute approximate surface area is 200 Å². The average molecular weight is 463 g/mol. The molecule has 4 aliphatic carbocycles. The lowest BCUT2D eigenvalue weighted by atomic mass is 9.54. The topological polar surface area (TPSA) is 37.3 Å². The van der Waals surface area contributed by atoms with Gasteiger partial charge in [0.1, 0.15) is 5.60 Å². The van der Waals surface area contributed by atoms with Crippen LogP contribution in [0.3, 0.4) is 0 Å². The number of terminal acetylenes is 1. The molecule has 1 aromatic rings. The van der Waals surface area contributed by atoms with Crippen LogP contribution in [0.15, 0.2) is 47.6 Å². The first-order chi connectivity index (χ1) is 16.0. The van der Waals surface area contributed by atoms with Crippen molar-refractivity contribution in [2.45, 2.75) is 76.7 Å². The van der Waals surface area contributed by atoms with Crippen LogP contribution in [0.1, 0.15) is 76.3 Å². The Morgan fingerprint density at radius 3 is 2.47 bits per heavy atom. The monoisotopic (exact) mass is 462 g/mol. The van der Waals surface area contributed by atoms with Gasteiger partial charge in [0.05, 0.1) is 0 Å². The molecule has 0 spiro atoms. The Hall–Kier alpha value is -2.51. The molecule has 4 heteroatoms. The van der Waals surface area contributed by atoms with Crippen molar-refractivity contribution in [1.29, 1.82) is 0 Å². The molecule has 0 amide bonds. The molecule has 178 valence electrons. The molecule has 5 rings (SSSR count). The molecule has 0 radical (unpaired) electrons. The summed E-state index contributed by atoms with van der Waals surface area (Å²) in [7, 11) is 0. The highest BCUT2D eigenvalue weighted by molar-refractivity contribution is 6.23. The molecule has 0 aliphatic heterocycles. The Morgan fingerprint density at radius 1 is 1.12 bits per heavy atom. The highest BCUT2D eigenvalue weighted by Crippen LogP contribution is 2.66. The molecule has 0 bridgehead atoms.